The Morgan fingerprint density at radius 2 is 1.90 bits per heavy atom. The van der Waals surface area contributed by atoms with Crippen LogP contribution in [0.2, 0.25) is 0 Å². The van der Waals surface area contributed by atoms with Crippen molar-refractivity contribution < 1.29 is 14.7 Å². The molecule has 0 aromatic heterocycles. The van der Waals surface area contributed by atoms with Gasteiger partial charge in [0.2, 0.25) is 5.91 Å². The predicted molar refractivity (Wildman–Crippen MR) is 77.4 cm³/mol. The quantitative estimate of drug-likeness (QED) is 0.842. The van der Waals surface area contributed by atoms with Crippen molar-refractivity contribution in [3.63, 3.8) is 0 Å². The van der Waals surface area contributed by atoms with Gasteiger partial charge in [0.1, 0.15) is 0 Å². The Labute approximate surface area is 121 Å². The molecule has 0 radical (unpaired) electrons. The summed E-state index contributed by atoms with van der Waals surface area (Å²) in [5.41, 5.74) is -0.272. The average Bonchev–Trinajstić information content (AvgIpc) is 2.87. The molecule has 1 unspecified atom stereocenters. The van der Waals surface area contributed by atoms with Gasteiger partial charge in [-0.05, 0) is 30.6 Å². The maximum atomic E-state index is 12.5. The van der Waals surface area contributed by atoms with Gasteiger partial charge < -0.3 is 10.0 Å². The van der Waals surface area contributed by atoms with Crippen LogP contribution >= 0.6 is 0 Å². The van der Waals surface area contributed by atoms with Gasteiger partial charge in [-0.15, -0.1) is 0 Å². The minimum atomic E-state index is -0.757. The Bertz CT molecular complexity index is 361. The van der Waals surface area contributed by atoms with Gasteiger partial charge in [0.05, 0.1) is 6.42 Å². The van der Waals surface area contributed by atoms with E-state index in [-0.39, 0.29) is 17.7 Å². The number of carboxylic acid groups (broad SMARTS) is 1. The summed E-state index contributed by atoms with van der Waals surface area (Å²) >= 11 is 0. The SMILES string of the molecule is CCC1CCN(C(=O)CC2(CC(=O)O)CCCCC2)C1. The molecule has 1 saturated heterocycles. The lowest BCUT2D eigenvalue weighted by molar-refractivity contribution is -0.142. The van der Waals surface area contributed by atoms with E-state index in [2.05, 4.69) is 6.92 Å². The fourth-order valence-electron chi connectivity index (χ4n) is 3.86. The molecule has 2 fully saturated rings. The zero-order valence-corrected chi connectivity index (χ0v) is 12.6. The zero-order chi connectivity index (χ0) is 14.6. The Kier molecular flexibility index (Phi) is 5.06. The molecule has 0 bridgehead atoms. The number of rotatable bonds is 5. The Morgan fingerprint density at radius 1 is 1.20 bits per heavy atom. The molecule has 0 aromatic rings. The van der Waals surface area contributed by atoms with Crippen LogP contribution in [0.25, 0.3) is 0 Å². The summed E-state index contributed by atoms with van der Waals surface area (Å²) in [6, 6.07) is 0. The molecule has 2 rings (SSSR count). The van der Waals surface area contributed by atoms with E-state index < -0.39 is 5.97 Å². The van der Waals surface area contributed by atoms with Crippen LogP contribution < -0.4 is 0 Å². The highest BCUT2D eigenvalue weighted by Crippen LogP contribution is 2.43. The topological polar surface area (TPSA) is 57.6 Å². The smallest absolute Gasteiger partial charge is 0.303 e. The highest BCUT2D eigenvalue weighted by atomic mass is 16.4. The molecule has 1 aliphatic carbocycles. The number of carboxylic acids is 1. The number of hydrogen-bond donors (Lipinski definition) is 1. The molecular weight excluding hydrogens is 254 g/mol. The minimum Gasteiger partial charge on any atom is -0.481 e. The van der Waals surface area contributed by atoms with E-state index in [0.717, 1.165) is 51.6 Å². The minimum absolute atomic E-state index is 0.157. The van der Waals surface area contributed by atoms with Crippen molar-refractivity contribution in [2.45, 2.75) is 64.7 Å². The van der Waals surface area contributed by atoms with Crippen LogP contribution in [0.4, 0.5) is 0 Å². The van der Waals surface area contributed by atoms with E-state index in [9.17, 15) is 9.59 Å². The van der Waals surface area contributed by atoms with E-state index in [4.69, 9.17) is 5.11 Å². The number of carbonyl (C=O) groups excluding carboxylic acids is 1. The monoisotopic (exact) mass is 281 g/mol. The fraction of sp³-hybridized carbons (Fsp3) is 0.875. The van der Waals surface area contributed by atoms with Gasteiger partial charge in [-0.25, -0.2) is 0 Å². The molecule has 0 spiro atoms. The maximum Gasteiger partial charge on any atom is 0.303 e. The molecule has 1 aliphatic heterocycles. The first-order chi connectivity index (χ1) is 9.54. The number of nitrogens with zero attached hydrogens (tertiary/aromatic N) is 1. The van der Waals surface area contributed by atoms with E-state index in [1.807, 2.05) is 4.90 Å². The summed E-state index contributed by atoms with van der Waals surface area (Å²) in [6.07, 6.45) is 7.94. The lowest BCUT2D eigenvalue weighted by Gasteiger charge is -2.36. The molecule has 1 saturated carbocycles. The van der Waals surface area contributed by atoms with Gasteiger partial charge in [0, 0.05) is 19.5 Å². The second kappa shape index (κ2) is 6.59. The van der Waals surface area contributed by atoms with Gasteiger partial charge in [-0.1, -0.05) is 32.6 Å². The Hall–Kier alpha value is -1.06. The third-order valence-electron chi connectivity index (χ3n) is 5.18. The van der Waals surface area contributed by atoms with Crippen molar-refractivity contribution >= 4 is 11.9 Å². The van der Waals surface area contributed by atoms with E-state index in [0.29, 0.717) is 12.3 Å². The van der Waals surface area contributed by atoms with E-state index >= 15 is 0 Å². The first-order valence-electron chi connectivity index (χ1n) is 8.04. The highest BCUT2D eigenvalue weighted by molar-refractivity contribution is 5.78. The van der Waals surface area contributed by atoms with Crippen molar-refractivity contribution in [2.24, 2.45) is 11.3 Å². The summed E-state index contributed by atoms with van der Waals surface area (Å²) in [7, 11) is 0. The van der Waals surface area contributed by atoms with Crippen molar-refractivity contribution in [1.82, 2.24) is 4.90 Å². The van der Waals surface area contributed by atoms with Crippen LogP contribution in [0.15, 0.2) is 0 Å². The van der Waals surface area contributed by atoms with Crippen LogP contribution in [0, 0.1) is 11.3 Å². The van der Waals surface area contributed by atoms with Crippen LogP contribution in [-0.4, -0.2) is 35.0 Å². The molecule has 1 heterocycles. The zero-order valence-electron chi connectivity index (χ0n) is 12.6. The largest absolute Gasteiger partial charge is 0.481 e. The van der Waals surface area contributed by atoms with Gasteiger partial charge in [0.25, 0.3) is 0 Å². The molecule has 1 amide bonds. The van der Waals surface area contributed by atoms with Crippen LogP contribution in [0.1, 0.15) is 64.7 Å². The summed E-state index contributed by atoms with van der Waals surface area (Å²) < 4.78 is 0. The number of amides is 1. The highest BCUT2D eigenvalue weighted by Gasteiger charge is 2.38. The second-order valence-electron chi connectivity index (χ2n) is 6.71. The third-order valence-corrected chi connectivity index (χ3v) is 5.18. The standard InChI is InChI=1S/C16H27NO3/c1-2-13-6-9-17(12-13)14(18)10-16(11-15(19)20)7-4-3-5-8-16/h13H,2-12H2,1H3,(H,19,20). The number of carbonyl (C=O) groups is 2. The Balaban J connectivity index is 1.96. The van der Waals surface area contributed by atoms with E-state index in [1.54, 1.807) is 0 Å². The van der Waals surface area contributed by atoms with Crippen molar-refractivity contribution in [3.05, 3.63) is 0 Å². The molecule has 1 N–H and O–H groups in total. The summed E-state index contributed by atoms with van der Waals surface area (Å²) in [4.78, 5) is 25.6. The van der Waals surface area contributed by atoms with Gasteiger partial charge in [-0.2, -0.15) is 0 Å². The molecule has 4 nitrogen and oxygen atoms in total. The van der Waals surface area contributed by atoms with Gasteiger partial charge in [0.15, 0.2) is 0 Å². The molecule has 20 heavy (non-hydrogen) atoms. The molecule has 0 aromatic carbocycles. The first-order valence-corrected chi connectivity index (χ1v) is 8.04. The van der Waals surface area contributed by atoms with Gasteiger partial charge >= 0.3 is 5.97 Å². The summed E-state index contributed by atoms with van der Waals surface area (Å²) in [6.45, 7) is 3.91. The van der Waals surface area contributed by atoms with Crippen LogP contribution in [0.5, 0.6) is 0 Å². The molecule has 1 atom stereocenters. The van der Waals surface area contributed by atoms with Crippen molar-refractivity contribution in [3.8, 4) is 0 Å². The predicted octanol–water partition coefficient (Wildman–Crippen LogP) is 3.06. The van der Waals surface area contributed by atoms with Crippen LogP contribution in [0.3, 0.4) is 0 Å². The second-order valence-corrected chi connectivity index (χ2v) is 6.71. The number of aliphatic carboxylic acids is 1. The van der Waals surface area contributed by atoms with Crippen LogP contribution in [-0.2, 0) is 9.59 Å². The maximum absolute atomic E-state index is 12.5. The normalized spacial score (nSPS) is 25.6. The summed E-state index contributed by atoms with van der Waals surface area (Å²) in [5, 5.41) is 9.16. The molecule has 114 valence electrons. The molecule has 4 heteroatoms. The number of hydrogen-bond acceptors (Lipinski definition) is 2. The molecular formula is C16H27NO3. The third kappa shape index (κ3) is 3.74. The van der Waals surface area contributed by atoms with Gasteiger partial charge in [-0.3, -0.25) is 9.59 Å². The first kappa shape index (κ1) is 15.3. The fourth-order valence-corrected chi connectivity index (χ4v) is 3.86. The molecule has 2 aliphatic rings. The summed E-state index contributed by atoms with van der Waals surface area (Å²) in [5.74, 6) is 0.0670. The lowest BCUT2D eigenvalue weighted by Crippen LogP contribution is -2.37. The average molecular weight is 281 g/mol. The lowest BCUT2D eigenvalue weighted by atomic mass is 9.69. The number of likely N-dealkylation sites (tertiary alicyclic amines) is 1. The van der Waals surface area contributed by atoms with Crippen molar-refractivity contribution in [1.29, 1.82) is 0 Å². The van der Waals surface area contributed by atoms with Crippen molar-refractivity contribution in [2.75, 3.05) is 13.1 Å². The Morgan fingerprint density at radius 3 is 2.45 bits per heavy atom. The van der Waals surface area contributed by atoms with E-state index in [1.165, 1.54) is 6.42 Å².